The third-order valence-corrected chi connectivity index (χ3v) is 5.13. The molecule has 7 heteroatoms. The summed E-state index contributed by atoms with van der Waals surface area (Å²) in [6.45, 7) is 3.97. The zero-order chi connectivity index (χ0) is 22.0. The molecule has 2 aromatic carbocycles. The fourth-order valence-electron chi connectivity index (χ4n) is 3.35. The number of fused-ring (bicyclic) bond motifs is 1. The first-order valence-corrected chi connectivity index (χ1v) is 9.99. The van der Waals surface area contributed by atoms with Gasteiger partial charge in [0.1, 0.15) is 11.3 Å². The molecule has 0 aliphatic carbocycles. The Hall–Kier alpha value is -4.00. The highest BCUT2D eigenvalue weighted by Gasteiger charge is 2.37. The molecule has 1 fully saturated rings. The van der Waals surface area contributed by atoms with Crippen LogP contribution in [0.1, 0.15) is 25.8 Å². The van der Waals surface area contributed by atoms with E-state index in [1.165, 1.54) is 18.5 Å². The van der Waals surface area contributed by atoms with Crippen molar-refractivity contribution in [3.05, 3.63) is 72.1 Å². The predicted octanol–water partition coefficient (Wildman–Crippen LogP) is 4.08. The van der Waals surface area contributed by atoms with Gasteiger partial charge < -0.3 is 4.74 Å². The number of hydrogen-bond acceptors (Lipinski definition) is 5. The number of urea groups is 1. The number of carbonyl (C=O) groups is 3. The van der Waals surface area contributed by atoms with Gasteiger partial charge in [-0.3, -0.25) is 19.9 Å². The van der Waals surface area contributed by atoms with Crippen LogP contribution in [0, 0.1) is 0 Å². The first-order valence-electron chi connectivity index (χ1n) is 9.99. The number of carbonyl (C=O) groups excluding carboxylic acids is 3. The molecule has 0 spiro atoms. The second-order valence-electron chi connectivity index (χ2n) is 7.20. The average Bonchev–Trinajstić information content (AvgIpc) is 2.78. The number of ether oxygens (including phenoxy) is 1. The maximum atomic E-state index is 13.2. The van der Waals surface area contributed by atoms with Gasteiger partial charge in [-0.2, -0.15) is 0 Å². The monoisotopic (exact) mass is 415 g/mol. The van der Waals surface area contributed by atoms with Crippen molar-refractivity contribution in [2.24, 2.45) is 0 Å². The largest absolute Gasteiger partial charge is 0.490 e. The van der Waals surface area contributed by atoms with Crippen LogP contribution in [-0.2, 0) is 9.59 Å². The molecule has 0 bridgehead atoms. The van der Waals surface area contributed by atoms with Crippen LogP contribution in [0.3, 0.4) is 0 Å². The Balaban J connectivity index is 1.86. The van der Waals surface area contributed by atoms with Gasteiger partial charge >= 0.3 is 6.03 Å². The Morgan fingerprint density at radius 1 is 1.10 bits per heavy atom. The third-order valence-electron chi connectivity index (χ3n) is 5.13. The molecule has 1 N–H and O–H groups in total. The highest BCUT2D eigenvalue weighted by molar-refractivity contribution is 6.39. The van der Waals surface area contributed by atoms with E-state index in [0.717, 1.165) is 22.1 Å². The average molecular weight is 415 g/mol. The van der Waals surface area contributed by atoms with Crippen LogP contribution in [0.5, 0.6) is 5.75 Å². The van der Waals surface area contributed by atoms with Gasteiger partial charge in [-0.25, -0.2) is 9.69 Å². The van der Waals surface area contributed by atoms with Gasteiger partial charge in [-0.15, -0.1) is 0 Å². The molecule has 1 saturated heterocycles. The zero-order valence-corrected chi connectivity index (χ0v) is 17.2. The van der Waals surface area contributed by atoms with Crippen LogP contribution >= 0.6 is 0 Å². The maximum absolute atomic E-state index is 13.2. The van der Waals surface area contributed by atoms with Crippen molar-refractivity contribution in [3.63, 3.8) is 0 Å². The summed E-state index contributed by atoms with van der Waals surface area (Å²) in [5, 5.41) is 4.01. The van der Waals surface area contributed by atoms with Crippen molar-refractivity contribution in [3.8, 4) is 5.75 Å². The summed E-state index contributed by atoms with van der Waals surface area (Å²) in [5.74, 6) is -0.910. The lowest BCUT2D eigenvalue weighted by Gasteiger charge is -2.26. The van der Waals surface area contributed by atoms with E-state index < -0.39 is 17.8 Å². The summed E-state index contributed by atoms with van der Waals surface area (Å²) in [4.78, 5) is 43.0. The number of nitrogens with zero attached hydrogens (tertiary/aromatic N) is 2. The number of amides is 4. The third kappa shape index (κ3) is 3.90. The molecule has 4 amide bonds. The van der Waals surface area contributed by atoms with Crippen molar-refractivity contribution < 1.29 is 19.1 Å². The summed E-state index contributed by atoms with van der Waals surface area (Å²) < 4.78 is 6.07. The van der Waals surface area contributed by atoms with Gasteiger partial charge in [-0.1, -0.05) is 37.3 Å². The molecule has 0 radical (unpaired) electrons. The van der Waals surface area contributed by atoms with Crippen LogP contribution in [0.4, 0.5) is 10.5 Å². The summed E-state index contributed by atoms with van der Waals surface area (Å²) in [5.41, 5.74) is 0.726. The zero-order valence-electron chi connectivity index (χ0n) is 17.2. The smallest absolute Gasteiger partial charge is 0.336 e. The number of rotatable bonds is 5. The Morgan fingerprint density at radius 2 is 1.90 bits per heavy atom. The minimum absolute atomic E-state index is 0.0531. The van der Waals surface area contributed by atoms with Gasteiger partial charge in [0.05, 0.1) is 18.0 Å². The SMILES string of the molecule is CC[C@@H](C)Oc1ccc2ccccc2c1/C=C1\C(=O)NC(=O)N(c2cccnc2)C1=O. The van der Waals surface area contributed by atoms with E-state index in [0.29, 0.717) is 11.3 Å². The van der Waals surface area contributed by atoms with Gasteiger partial charge in [0.15, 0.2) is 0 Å². The second-order valence-corrected chi connectivity index (χ2v) is 7.20. The number of aromatic nitrogens is 1. The molecule has 1 aromatic heterocycles. The molecule has 1 aliphatic rings. The number of barbiturate groups is 1. The lowest BCUT2D eigenvalue weighted by Crippen LogP contribution is -2.54. The molecule has 4 rings (SSSR count). The second kappa shape index (κ2) is 8.39. The molecule has 1 atom stereocenters. The van der Waals surface area contributed by atoms with Crippen LogP contribution in [-0.4, -0.2) is 28.9 Å². The van der Waals surface area contributed by atoms with Crippen molar-refractivity contribution in [1.29, 1.82) is 0 Å². The van der Waals surface area contributed by atoms with Gasteiger partial charge in [0.2, 0.25) is 0 Å². The van der Waals surface area contributed by atoms with E-state index in [1.54, 1.807) is 12.1 Å². The molecule has 3 aromatic rings. The summed E-state index contributed by atoms with van der Waals surface area (Å²) in [6, 6.07) is 13.8. The molecule has 156 valence electrons. The van der Waals surface area contributed by atoms with Gasteiger partial charge in [0.25, 0.3) is 11.8 Å². The maximum Gasteiger partial charge on any atom is 0.336 e. The molecule has 1 aliphatic heterocycles. The molecule has 2 heterocycles. The molecular formula is C24H21N3O4. The van der Waals surface area contributed by atoms with Gasteiger partial charge in [-0.05, 0) is 48.4 Å². The topological polar surface area (TPSA) is 88.6 Å². The van der Waals surface area contributed by atoms with E-state index in [1.807, 2.05) is 50.2 Å². The van der Waals surface area contributed by atoms with E-state index >= 15 is 0 Å². The fourth-order valence-corrected chi connectivity index (χ4v) is 3.35. The van der Waals surface area contributed by atoms with E-state index in [4.69, 9.17) is 4.74 Å². The minimum atomic E-state index is -0.811. The normalized spacial score (nSPS) is 16.5. The standard InChI is InChI=1S/C24H21N3O4/c1-3-15(2)31-21-11-10-16-7-4-5-9-18(16)19(21)13-20-22(28)26-24(30)27(23(20)29)17-8-6-12-25-14-17/h4-15H,3H2,1-2H3,(H,26,28,30)/b20-13+/t15-/m1/s1. The highest BCUT2D eigenvalue weighted by Crippen LogP contribution is 2.32. The molecular weight excluding hydrogens is 394 g/mol. The predicted molar refractivity (Wildman–Crippen MR) is 118 cm³/mol. The number of nitrogens with one attached hydrogen (secondary N) is 1. The lowest BCUT2D eigenvalue weighted by molar-refractivity contribution is -0.122. The number of hydrogen-bond donors (Lipinski definition) is 1. The van der Waals surface area contributed by atoms with E-state index in [9.17, 15) is 14.4 Å². The van der Waals surface area contributed by atoms with Crippen molar-refractivity contribution in [1.82, 2.24) is 10.3 Å². The Bertz CT molecular complexity index is 1200. The minimum Gasteiger partial charge on any atom is -0.490 e. The van der Waals surface area contributed by atoms with Crippen LogP contribution < -0.4 is 15.0 Å². The molecule has 31 heavy (non-hydrogen) atoms. The van der Waals surface area contributed by atoms with Crippen molar-refractivity contribution in [2.75, 3.05) is 4.90 Å². The van der Waals surface area contributed by atoms with Crippen molar-refractivity contribution >= 4 is 40.4 Å². The highest BCUT2D eigenvalue weighted by atomic mass is 16.5. The van der Waals surface area contributed by atoms with Crippen molar-refractivity contribution in [2.45, 2.75) is 26.4 Å². The van der Waals surface area contributed by atoms with Crippen LogP contribution in [0.15, 0.2) is 66.5 Å². The Labute approximate surface area is 179 Å². The molecule has 7 nitrogen and oxygen atoms in total. The fraction of sp³-hybridized carbons (Fsp3) is 0.167. The van der Waals surface area contributed by atoms with Crippen LogP contribution in [0.2, 0.25) is 0 Å². The van der Waals surface area contributed by atoms with E-state index in [-0.39, 0.29) is 17.4 Å². The number of benzene rings is 2. The Morgan fingerprint density at radius 3 is 2.65 bits per heavy atom. The first-order chi connectivity index (χ1) is 15.0. The van der Waals surface area contributed by atoms with Crippen LogP contribution in [0.25, 0.3) is 16.8 Å². The first kappa shape index (κ1) is 20.3. The van der Waals surface area contributed by atoms with Gasteiger partial charge in [0, 0.05) is 11.8 Å². The summed E-state index contributed by atoms with van der Waals surface area (Å²) in [6.07, 6.45) is 5.16. The number of imide groups is 2. The number of anilines is 1. The lowest BCUT2D eigenvalue weighted by atomic mass is 9.99. The quantitative estimate of drug-likeness (QED) is 0.501. The Kier molecular flexibility index (Phi) is 5.49. The number of pyridine rings is 1. The molecule has 0 unspecified atom stereocenters. The summed E-state index contributed by atoms with van der Waals surface area (Å²) in [7, 11) is 0. The molecule has 0 saturated carbocycles. The summed E-state index contributed by atoms with van der Waals surface area (Å²) >= 11 is 0. The van der Waals surface area contributed by atoms with E-state index in [2.05, 4.69) is 10.3 Å².